The molecule has 5 heteroatoms. The van der Waals surface area contributed by atoms with Crippen molar-refractivity contribution in [3.05, 3.63) is 42.2 Å². The highest BCUT2D eigenvalue weighted by Gasteiger charge is 2.36. The summed E-state index contributed by atoms with van der Waals surface area (Å²) in [6.07, 6.45) is 11.5. The monoisotopic (exact) mass is 388 g/mol. The molecule has 1 saturated carbocycles. The van der Waals surface area contributed by atoms with Crippen LogP contribution in [0.5, 0.6) is 0 Å². The predicted molar refractivity (Wildman–Crippen MR) is 116 cm³/mol. The van der Waals surface area contributed by atoms with E-state index in [4.69, 9.17) is 4.98 Å². The molecule has 5 nitrogen and oxygen atoms in total. The minimum Gasteiger partial charge on any atom is -0.372 e. The number of H-pyrrole nitrogens is 1. The van der Waals surface area contributed by atoms with Gasteiger partial charge in [0.15, 0.2) is 11.4 Å². The van der Waals surface area contributed by atoms with Crippen molar-refractivity contribution in [2.24, 2.45) is 5.41 Å². The summed E-state index contributed by atoms with van der Waals surface area (Å²) in [6, 6.07) is 8.51. The summed E-state index contributed by atoms with van der Waals surface area (Å²) in [5, 5.41) is 0. The molecule has 2 aliphatic rings. The van der Waals surface area contributed by atoms with E-state index in [9.17, 15) is 4.79 Å². The molecule has 0 unspecified atom stereocenters. The predicted octanol–water partition coefficient (Wildman–Crippen LogP) is 5.38. The Kier molecular flexibility index (Phi) is 4.61. The standard InChI is InChI=1S/C24H28N4O/c1-24(10-3-2-4-11-24)22(29)19-15-25-23-21(19)27-20(16-26-23)17-8-7-9-18(14-17)28-12-5-6-13-28/h7-9,14-16H,2-6,10-13H2,1H3,(H,25,26). The smallest absolute Gasteiger partial charge is 0.172 e. The third kappa shape index (κ3) is 3.33. The van der Waals surface area contributed by atoms with Gasteiger partial charge in [0, 0.05) is 36.0 Å². The van der Waals surface area contributed by atoms with Crippen LogP contribution in [0.3, 0.4) is 0 Å². The van der Waals surface area contributed by atoms with E-state index in [2.05, 4.69) is 46.1 Å². The second kappa shape index (κ2) is 7.29. The molecular formula is C24H28N4O. The van der Waals surface area contributed by atoms with Gasteiger partial charge in [-0.1, -0.05) is 38.3 Å². The third-order valence-electron chi connectivity index (χ3n) is 6.74. The number of carbonyl (C=O) groups is 1. The van der Waals surface area contributed by atoms with Crippen LogP contribution in [0.15, 0.2) is 36.7 Å². The van der Waals surface area contributed by atoms with Crippen LogP contribution < -0.4 is 4.90 Å². The van der Waals surface area contributed by atoms with Crippen molar-refractivity contribution in [1.29, 1.82) is 0 Å². The van der Waals surface area contributed by atoms with Crippen LogP contribution in [0.25, 0.3) is 22.4 Å². The molecular weight excluding hydrogens is 360 g/mol. The summed E-state index contributed by atoms with van der Waals surface area (Å²) in [4.78, 5) is 28.4. The van der Waals surface area contributed by atoms with E-state index in [0.29, 0.717) is 16.7 Å². The Bertz CT molecular complexity index is 1040. The lowest BCUT2D eigenvalue weighted by molar-refractivity contribution is 0.0751. The number of nitrogens with zero attached hydrogens (tertiary/aromatic N) is 3. The SMILES string of the molecule is CC1(C(=O)c2c[nH]c3ncc(-c4cccc(N5CCCC5)c4)nc23)CCCCC1. The fraction of sp³-hybridized carbons (Fsp3) is 0.458. The molecule has 0 bridgehead atoms. The Morgan fingerprint density at radius 2 is 1.90 bits per heavy atom. The van der Waals surface area contributed by atoms with Crippen LogP contribution in [0.2, 0.25) is 0 Å². The third-order valence-corrected chi connectivity index (χ3v) is 6.74. The van der Waals surface area contributed by atoms with Crippen LogP contribution in [-0.4, -0.2) is 33.8 Å². The highest BCUT2D eigenvalue weighted by atomic mass is 16.1. The summed E-state index contributed by atoms with van der Waals surface area (Å²) in [6.45, 7) is 4.34. The number of aromatic amines is 1. The van der Waals surface area contributed by atoms with Crippen molar-refractivity contribution in [2.45, 2.75) is 51.9 Å². The van der Waals surface area contributed by atoms with E-state index in [1.54, 1.807) is 12.4 Å². The van der Waals surface area contributed by atoms with Crippen molar-refractivity contribution < 1.29 is 4.79 Å². The minimum atomic E-state index is -0.277. The summed E-state index contributed by atoms with van der Waals surface area (Å²) in [5.74, 6) is 0.209. The van der Waals surface area contributed by atoms with Crippen LogP contribution in [0, 0.1) is 5.41 Å². The number of Topliss-reactive ketones (excluding diaryl/α,β-unsaturated/α-hetero) is 1. The molecule has 3 heterocycles. The number of benzene rings is 1. The lowest BCUT2D eigenvalue weighted by Gasteiger charge is -2.31. The van der Waals surface area contributed by atoms with E-state index in [0.717, 1.165) is 50.0 Å². The van der Waals surface area contributed by atoms with E-state index in [-0.39, 0.29) is 11.2 Å². The molecule has 0 radical (unpaired) electrons. The van der Waals surface area contributed by atoms with Gasteiger partial charge < -0.3 is 9.88 Å². The van der Waals surface area contributed by atoms with Crippen LogP contribution in [0.4, 0.5) is 5.69 Å². The second-order valence-electron chi connectivity index (χ2n) is 8.85. The number of fused-ring (bicyclic) bond motifs is 1. The Morgan fingerprint density at radius 3 is 2.69 bits per heavy atom. The zero-order valence-electron chi connectivity index (χ0n) is 17.1. The lowest BCUT2D eigenvalue weighted by atomic mass is 9.71. The van der Waals surface area contributed by atoms with Gasteiger partial charge in [-0.2, -0.15) is 0 Å². The average Bonchev–Trinajstić information content (AvgIpc) is 3.43. The first-order chi connectivity index (χ1) is 14.1. The first-order valence-corrected chi connectivity index (χ1v) is 10.9. The highest BCUT2D eigenvalue weighted by molar-refractivity contribution is 6.08. The van der Waals surface area contributed by atoms with E-state index in [1.807, 2.05) is 0 Å². The van der Waals surface area contributed by atoms with Gasteiger partial charge in [0.1, 0.15) is 5.52 Å². The zero-order valence-corrected chi connectivity index (χ0v) is 17.1. The van der Waals surface area contributed by atoms with Gasteiger partial charge >= 0.3 is 0 Å². The fourth-order valence-electron chi connectivity index (χ4n) is 4.93. The molecule has 1 aliphatic carbocycles. The zero-order chi connectivity index (χ0) is 19.8. The first-order valence-electron chi connectivity index (χ1n) is 10.9. The molecule has 1 aromatic carbocycles. The largest absolute Gasteiger partial charge is 0.372 e. The molecule has 1 saturated heterocycles. The van der Waals surface area contributed by atoms with Crippen LogP contribution >= 0.6 is 0 Å². The van der Waals surface area contributed by atoms with Crippen LogP contribution in [0.1, 0.15) is 62.2 Å². The van der Waals surface area contributed by atoms with Crippen molar-refractivity contribution in [3.63, 3.8) is 0 Å². The van der Waals surface area contributed by atoms with Crippen molar-refractivity contribution in [3.8, 4) is 11.3 Å². The van der Waals surface area contributed by atoms with Gasteiger partial charge in [0.2, 0.25) is 0 Å². The molecule has 0 spiro atoms. The van der Waals surface area contributed by atoms with Gasteiger partial charge in [0.05, 0.1) is 17.5 Å². The highest BCUT2D eigenvalue weighted by Crippen LogP contribution is 2.39. The molecule has 5 rings (SSSR count). The van der Waals surface area contributed by atoms with Gasteiger partial charge in [-0.05, 0) is 37.8 Å². The van der Waals surface area contributed by atoms with Crippen LogP contribution in [-0.2, 0) is 0 Å². The number of anilines is 1. The molecule has 150 valence electrons. The summed E-state index contributed by atoms with van der Waals surface area (Å²) < 4.78 is 0. The van der Waals surface area contributed by atoms with E-state index < -0.39 is 0 Å². The molecule has 29 heavy (non-hydrogen) atoms. The number of hydrogen-bond donors (Lipinski definition) is 1. The van der Waals surface area contributed by atoms with Gasteiger partial charge in [0.25, 0.3) is 0 Å². The Hall–Kier alpha value is -2.69. The van der Waals surface area contributed by atoms with Gasteiger partial charge in [-0.15, -0.1) is 0 Å². The van der Waals surface area contributed by atoms with E-state index in [1.165, 1.54) is 24.9 Å². The number of aromatic nitrogens is 3. The summed E-state index contributed by atoms with van der Waals surface area (Å²) in [7, 11) is 0. The molecule has 2 fully saturated rings. The molecule has 0 atom stereocenters. The summed E-state index contributed by atoms with van der Waals surface area (Å²) >= 11 is 0. The molecule has 0 amide bonds. The first kappa shape index (κ1) is 18.3. The van der Waals surface area contributed by atoms with E-state index >= 15 is 0 Å². The quantitative estimate of drug-likeness (QED) is 0.610. The average molecular weight is 389 g/mol. The maximum Gasteiger partial charge on any atom is 0.172 e. The molecule has 2 aromatic heterocycles. The van der Waals surface area contributed by atoms with Gasteiger partial charge in [-0.3, -0.25) is 4.79 Å². The molecule has 1 aliphatic heterocycles. The maximum atomic E-state index is 13.4. The normalized spacial score (nSPS) is 19.0. The number of carbonyl (C=O) groups excluding carboxylic acids is 1. The topological polar surface area (TPSA) is 61.9 Å². The van der Waals surface area contributed by atoms with Crippen molar-refractivity contribution >= 4 is 22.6 Å². The molecule has 1 N–H and O–H groups in total. The fourth-order valence-corrected chi connectivity index (χ4v) is 4.93. The number of ketones is 1. The Balaban J connectivity index is 1.51. The van der Waals surface area contributed by atoms with Gasteiger partial charge in [-0.25, -0.2) is 9.97 Å². The lowest BCUT2D eigenvalue weighted by Crippen LogP contribution is -2.30. The second-order valence-corrected chi connectivity index (χ2v) is 8.85. The Morgan fingerprint density at radius 1 is 1.10 bits per heavy atom. The maximum absolute atomic E-state index is 13.4. The number of nitrogens with one attached hydrogen (secondary N) is 1. The summed E-state index contributed by atoms with van der Waals surface area (Å²) in [5.41, 5.74) is 4.91. The number of rotatable bonds is 4. The minimum absolute atomic E-state index is 0.209. The Labute approximate surface area is 171 Å². The van der Waals surface area contributed by atoms with Crippen molar-refractivity contribution in [1.82, 2.24) is 15.0 Å². The van der Waals surface area contributed by atoms with Crippen molar-refractivity contribution in [2.75, 3.05) is 18.0 Å². The molecule has 3 aromatic rings. The number of hydrogen-bond acceptors (Lipinski definition) is 4.